The zero-order valence-corrected chi connectivity index (χ0v) is 15.2. The van der Waals surface area contributed by atoms with Crippen molar-refractivity contribution in [3.8, 4) is 0 Å². The van der Waals surface area contributed by atoms with Crippen LogP contribution in [0.5, 0.6) is 0 Å². The van der Waals surface area contributed by atoms with Crippen molar-refractivity contribution in [2.45, 2.75) is 45.1 Å². The number of hydrogen-bond acceptors (Lipinski definition) is 3. The Kier molecular flexibility index (Phi) is 5.74. The fourth-order valence-corrected chi connectivity index (χ4v) is 3.46. The van der Waals surface area contributed by atoms with Crippen LogP contribution in [0.15, 0.2) is 24.3 Å². The van der Waals surface area contributed by atoms with Crippen LogP contribution in [0, 0.1) is 0 Å². The van der Waals surface area contributed by atoms with Crippen LogP contribution >= 0.6 is 0 Å². The number of benzene rings is 1. The van der Waals surface area contributed by atoms with E-state index in [1.54, 1.807) is 0 Å². The zero-order valence-electron chi connectivity index (χ0n) is 15.2. The lowest BCUT2D eigenvalue weighted by molar-refractivity contribution is -0.145. The molecule has 5 nitrogen and oxygen atoms in total. The molecule has 1 aromatic carbocycles. The molecule has 2 fully saturated rings. The maximum Gasteiger partial charge on any atom is 0.251 e. The molecule has 1 unspecified atom stereocenters. The molecule has 2 saturated heterocycles. The Hall–Kier alpha value is -1.88. The molecule has 2 amide bonds. The number of carbonyl (C=O) groups is 2. The smallest absolute Gasteiger partial charge is 0.251 e. The highest BCUT2D eigenvalue weighted by Crippen LogP contribution is 2.17. The summed E-state index contributed by atoms with van der Waals surface area (Å²) in [6.07, 6.45) is 1.95. The average Bonchev–Trinajstić information content (AvgIpc) is 3.16. The maximum atomic E-state index is 12.5. The van der Waals surface area contributed by atoms with Gasteiger partial charge in [-0.1, -0.05) is 38.1 Å². The molecule has 0 radical (unpaired) electrons. The van der Waals surface area contributed by atoms with Crippen molar-refractivity contribution < 1.29 is 14.3 Å². The highest BCUT2D eigenvalue weighted by Gasteiger charge is 2.31. The van der Waals surface area contributed by atoms with Gasteiger partial charge < -0.3 is 14.5 Å². The minimum absolute atomic E-state index is 0.0915. The monoisotopic (exact) mass is 344 g/mol. The van der Waals surface area contributed by atoms with Gasteiger partial charge in [0, 0.05) is 32.8 Å². The molecule has 136 valence electrons. The summed E-state index contributed by atoms with van der Waals surface area (Å²) in [7, 11) is 0. The largest absolute Gasteiger partial charge is 0.368 e. The molecule has 0 N–H and O–H groups in total. The van der Waals surface area contributed by atoms with Gasteiger partial charge in [-0.05, 0) is 29.9 Å². The number of piperazine rings is 1. The Morgan fingerprint density at radius 1 is 1.08 bits per heavy atom. The first kappa shape index (κ1) is 17.9. The van der Waals surface area contributed by atoms with Crippen LogP contribution in [0.25, 0.3) is 0 Å². The summed E-state index contributed by atoms with van der Waals surface area (Å²) >= 11 is 0. The predicted octanol–water partition coefficient (Wildman–Crippen LogP) is 2.20. The lowest BCUT2D eigenvalue weighted by Gasteiger charge is -2.35. The molecule has 2 aliphatic heterocycles. The van der Waals surface area contributed by atoms with E-state index in [0.717, 1.165) is 18.4 Å². The zero-order chi connectivity index (χ0) is 17.8. The third-order valence-electron chi connectivity index (χ3n) is 5.15. The fraction of sp³-hybridized carbons (Fsp3) is 0.600. The Labute approximate surface area is 149 Å². The van der Waals surface area contributed by atoms with Gasteiger partial charge in [0.1, 0.15) is 6.10 Å². The van der Waals surface area contributed by atoms with Gasteiger partial charge >= 0.3 is 0 Å². The molecule has 0 aliphatic carbocycles. The molecule has 0 spiro atoms. The predicted molar refractivity (Wildman–Crippen MR) is 96.4 cm³/mol. The highest BCUT2D eigenvalue weighted by atomic mass is 16.5. The standard InChI is InChI=1S/C20H28N2O3/c1-15(2)17-7-5-16(6-8-17)14-19(23)21-9-11-22(12-10-21)20(24)18-4-3-13-25-18/h5-8,15,18H,3-4,9-14H2,1-2H3. The van der Waals surface area contributed by atoms with Gasteiger partial charge in [-0.25, -0.2) is 0 Å². The molecular weight excluding hydrogens is 316 g/mol. The molecule has 0 bridgehead atoms. The number of ether oxygens (including phenoxy) is 1. The van der Waals surface area contributed by atoms with E-state index in [1.807, 2.05) is 21.9 Å². The average molecular weight is 344 g/mol. The Bertz CT molecular complexity index is 598. The van der Waals surface area contributed by atoms with Gasteiger partial charge in [0.2, 0.25) is 5.91 Å². The molecular formula is C20H28N2O3. The number of nitrogens with zero attached hydrogens (tertiary/aromatic N) is 2. The summed E-state index contributed by atoms with van der Waals surface area (Å²) in [4.78, 5) is 28.6. The van der Waals surface area contributed by atoms with Crippen molar-refractivity contribution in [2.24, 2.45) is 0 Å². The molecule has 25 heavy (non-hydrogen) atoms. The maximum absolute atomic E-state index is 12.5. The van der Waals surface area contributed by atoms with Gasteiger partial charge in [0.25, 0.3) is 5.91 Å². The van der Waals surface area contributed by atoms with Gasteiger partial charge in [-0.15, -0.1) is 0 Å². The number of carbonyl (C=O) groups excluding carboxylic acids is 2. The third-order valence-corrected chi connectivity index (χ3v) is 5.15. The summed E-state index contributed by atoms with van der Waals surface area (Å²) in [5.41, 5.74) is 2.34. The van der Waals surface area contributed by atoms with Crippen molar-refractivity contribution in [1.29, 1.82) is 0 Å². The molecule has 2 heterocycles. The van der Waals surface area contributed by atoms with Crippen LogP contribution in [0.4, 0.5) is 0 Å². The number of hydrogen-bond donors (Lipinski definition) is 0. The van der Waals surface area contributed by atoms with E-state index in [-0.39, 0.29) is 17.9 Å². The van der Waals surface area contributed by atoms with E-state index in [4.69, 9.17) is 4.74 Å². The molecule has 1 atom stereocenters. The van der Waals surface area contributed by atoms with Crippen molar-refractivity contribution in [2.75, 3.05) is 32.8 Å². The van der Waals surface area contributed by atoms with E-state index >= 15 is 0 Å². The summed E-state index contributed by atoms with van der Waals surface area (Å²) in [5.74, 6) is 0.731. The lowest BCUT2D eigenvalue weighted by atomic mass is 10.0. The molecule has 1 aromatic rings. The summed E-state index contributed by atoms with van der Waals surface area (Å²) in [5, 5.41) is 0. The van der Waals surface area contributed by atoms with E-state index < -0.39 is 0 Å². The van der Waals surface area contributed by atoms with Crippen molar-refractivity contribution in [3.05, 3.63) is 35.4 Å². The highest BCUT2D eigenvalue weighted by molar-refractivity contribution is 5.82. The van der Waals surface area contributed by atoms with Gasteiger partial charge in [-0.2, -0.15) is 0 Å². The quantitative estimate of drug-likeness (QED) is 0.841. The first-order valence-electron chi connectivity index (χ1n) is 9.31. The molecule has 3 rings (SSSR count). The van der Waals surface area contributed by atoms with Gasteiger partial charge in [0.05, 0.1) is 6.42 Å². The van der Waals surface area contributed by atoms with Crippen LogP contribution in [0.2, 0.25) is 0 Å². The Morgan fingerprint density at radius 2 is 1.72 bits per heavy atom. The van der Waals surface area contributed by atoms with Crippen molar-refractivity contribution in [3.63, 3.8) is 0 Å². The SMILES string of the molecule is CC(C)c1ccc(CC(=O)N2CCN(C(=O)C3CCCO3)CC2)cc1. The van der Waals surface area contributed by atoms with E-state index in [1.165, 1.54) is 5.56 Å². The lowest BCUT2D eigenvalue weighted by Crippen LogP contribution is -2.53. The molecule has 0 aromatic heterocycles. The summed E-state index contributed by atoms with van der Waals surface area (Å²) in [6.45, 7) is 7.45. The second kappa shape index (κ2) is 8.00. The van der Waals surface area contributed by atoms with Crippen LogP contribution in [-0.2, 0) is 20.7 Å². The molecule has 5 heteroatoms. The van der Waals surface area contributed by atoms with Gasteiger partial charge in [-0.3, -0.25) is 9.59 Å². The van der Waals surface area contributed by atoms with Crippen LogP contribution in [-0.4, -0.2) is 60.5 Å². The topological polar surface area (TPSA) is 49.9 Å². The van der Waals surface area contributed by atoms with Crippen LogP contribution in [0.1, 0.15) is 43.7 Å². The van der Waals surface area contributed by atoms with E-state index in [0.29, 0.717) is 45.1 Å². The third kappa shape index (κ3) is 4.40. The van der Waals surface area contributed by atoms with Gasteiger partial charge in [0.15, 0.2) is 0 Å². The summed E-state index contributed by atoms with van der Waals surface area (Å²) in [6, 6.07) is 8.30. The minimum atomic E-state index is -0.262. The van der Waals surface area contributed by atoms with E-state index in [9.17, 15) is 9.59 Å². The first-order valence-corrected chi connectivity index (χ1v) is 9.31. The number of rotatable bonds is 4. The van der Waals surface area contributed by atoms with Crippen LogP contribution < -0.4 is 0 Å². The van der Waals surface area contributed by atoms with Crippen LogP contribution in [0.3, 0.4) is 0 Å². The van der Waals surface area contributed by atoms with Crippen molar-refractivity contribution >= 4 is 11.8 Å². The first-order chi connectivity index (χ1) is 12.0. The molecule has 0 saturated carbocycles. The second-order valence-electron chi connectivity index (χ2n) is 7.28. The Balaban J connectivity index is 1.48. The van der Waals surface area contributed by atoms with Crippen molar-refractivity contribution in [1.82, 2.24) is 9.80 Å². The second-order valence-corrected chi connectivity index (χ2v) is 7.28. The van der Waals surface area contributed by atoms with E-state index in [2.05, 4.69) is 26.0 Å². The number of amides is 2. The summed E-state index contributed by atoms with van der Waals surface area (Å²) < 4.78 is 5.48. The fourth-order valence-electron chi connectivity index (χ4n) is 3.46. The minimum Gasteiger partial charge on any atom is -0.368 e. The normalized spacial score (nSPS) is 21.0. The Morgan fingerprint density at radius 3 is 2.28 bits per heavy atom. The molecule has 2 aliphatic rings.